The number of fused-ring (bicyclic) bond motifs is 2. The van der Waals surface area contributed by atoms with Crippen LogP contribution in [0.4, 0.5) is 0 Å². The van der Waals surface area contributed by atoms with E-state index in [4.69, 9.17) is 4.74 Å². The molecule has 0 aromatic carbocycles. The molecule has 2 aliphatic heterocycles. The average molecular weight is 336 g/mol. The van der Waals surface area contributed by atoms with Crippen molar-refractivity contribution >= 4 is 11.9 Å². The second-order valence-electron chi connectivity index (χ2n) is 10.1. The minimum Gasteiger partial charge on any atom is -0.448 e. The van der Waals surface area contributed by atoms with Crippen molar-refractivity contribution in [3.05, 3.63) is 0 Å². The highest BCUT2D eigenvalue weighted by Gasteiger charge is 2.75. The highest BCUT2D eigenvalue weighted by Crippen LogP contribution is 2.65. The van der Waals surface area contributed by atoms with Crippen LogP contribution in [0.5, 0.6) is 0 Å². The van der Waals surface area contributed by atoms with Crippen LogP contribution < -0.4 is 10.6 Å². The number of carbonyl (C=O) groups excluding carboxylic acids is 2. The van der Waals surface area contributed by atoms with Gasteiger partial charge in [0.1, 0.15) is 0 Å². The van der Waals surface area contributed by atoms with Crippen LogP contribution in [0.2, 0.25) is 0 Å². The predicted octanol–water partition coefficient (Wildman–Crippen LogP) is 2.53. The molecule has 24 heavy (non-hydrogen) atoms. The summed E-state index contributed by atoms with van der Waals surface area (Å²) in [6.45, 7) is 14.6. The number of esters is 1. The molecule has 3 fully saturated rings. The van der Waals surface area contributed by atoms with Gasteiger partial charge in [0.25, 0.3) is 5.91 Å². The number of piperidine rings is 1. The fraction of sp³-hybridized carbons (Fsp3) is 0.895. The number of ether oxygens (including phenoxy) is 1. The highest BCUT2D eigenvalue weighted by atomic mass is 16.6. The third kappa shape index (κ3) is 2.23. The Morgan fingerprint density at radius 3 is 2.00 bits per heavy atom. The molecule has 0 aromatic heterocycles. The Labute approximate surface area is 145 Å². The Morgan fingerprint density at radius 1 is 1.04 bits per heavy atom. The summed E-state index contributed by atoms with van der Waals surface area (Å²) in [7, 11) is 0. The van der Waals surface area contributed by atoms with Crippen molar-refractivity contribution in [1.29, 1.82) is 0 Å². The van der Waals surface area contributed by atoms with E-state index in [9.17, 15) is 9.59 Å². The molecular formula is C19H32N2O3. The van der Waals surface area contributed by atoms with E-state index in [2.05, 4.69) is 38.3 Å². The minimum absolute atomic E-state index is 0.0383. The van der Waals surface area contributed by atoms with Crippen molar-refractivity contribution in [2.24, 2.45) is 10.8 Å². The molecule has 5 nitrogen and oxygen atoms in total. The average Bonchev–Trinajstić information content (AvgIpc) is 2.65. The van der Waals surface area contributed by atoms with Gasteiger partial charge in [0.05, 0.1) is 5.41 Å². The monoisotopic (exact) mass is 336 g/mol. The van der Waals surface area contributed by atoms with E-state index in [1.807, 2.05) is 20.8 Å². The molecule has 0 aromatic rings. The van der Waals surface area contributed by atoms with E-state index in [0.717, 1.165) is 19.3 Å². The number of rotatable bonds is 2. The molecule has 2 heterocycles. The lowest BCUT2D eigenvalue weighted by Gasteiger charge is -2.47. The zero-order valence-corrected chi connectivity index (χ0v) is 16.1. The quantitative estimate of drug-likeness (QED) is 0.761. The van der Waals surface area contributed by atoms with E-state index in [1.54, 1.807) is 0 Å². The largest absolute Gasteiger partial charge is 0.448 e. The van der Waals surface area contributed by atoms with Gasteiger partial charge in [-0.1, -0.05) is 13.8 Å². The van der Waals surface area contributed by atoms with Gasteiger partial charge in [-0.25, -0.2) is 0 Å². The minimum atomic E-state index is -1.02. The lowest BCUT2D eigenvalue weighted by molar-refractivity contribution is -0.168. The predicted molar refractivity (Wildman–Crippen MR) is 92.4 cm³/mol. The molecule has 1 saturated carbocycles. The van der Waals surface area contributed by atoms with Crippen molar-refractivity contribution < 1.29 is 14.3 Å². The lowest BCUT2D eigenvalue weighted by Crippen LogP contribution is -2.64. The summed E-state index contributed by atoms with van der Waals surface area (Å²) in [6, 6.07) is 0.0834. The smallest absolute Gasteiger partial charge is 0.313 e. The third-order valence-electron chi connectivity index (χ3n) is 6.98. The van der Waals surface area contributed by atoms with Gasteiger partial charge in [-0.15, -0.1) is 0 Å². The van der Waals surface area contributed by atoms with Crippen LogP contribution in [-0.4, -0.2) is 34.6 Å². The van der Waals surface area contributed by atoms with Crippen LogP contribution >= 0.6 is 0 Å². The molecule has 0 radical (unpaired) electrons. The summed E-state index contributed by atoms with van der Waals surface area (Å²) < 4.78 is 5.71. The number of hydrogen-bond acceptors (Lipinski definition) is 4. The number of nitrogens with one attached hydrogen (secondary N) is 2. The van der Waals surface area contributed by atoms with Gasteiger partial charge in [0.15, 0.2) is 5.60 Å². The van der Waals surface area contributed by atoms with Crippen LogP contribution in [0.3, 0.4) is 0 Å². The lowest BCUT2D eigenvalue weighted by atomic mass is 9.66. The van der Waals surface area contributed by atoms with Crippen LogP contribution in [0, 0.1) is 10.8 Å². The van der Waals surface area contributed by atoms with E-state index in [-0.39, 0.29) is 29.0 Å². The van der Waals surface area contributed by atoms with Crippen LogP contribution in [0.1, 0.15) is 74.1 Å². The molecule has 3 aliphatic rings. The number of amides is 1. The van der Waals surface area contributed by atoms with Gasteiger partial charge in [0, 0.05) is 22.5 Å². The van der Waals surface area contributed by atoms with Gasteiger partial charge in [-0.2, -0.15) is 0 Å². The molecule has 2 N–H and O–H groups in total. The molecule has 136 valence electrons. The van der Waals surface area contributed by atoms with E-state index >= 15 is 0 Å². The van der Waals surface area contributed by atoms with Crippen molar-refractivity contribution in [2.75, 3.05) is 0 Å². The Kier molecular flexibility index (Phi) is 3.50. The molecule has 3 rings (SSSR count). The topological polar surface area (TPSA) is 67.4 Å². The molecule has 2 atom stereocenters. The number of carbonyl (C=O) groups is 2. The summed E-state index contributed by atoms with van der Waals surface area (Å²) in [5.41, 5.74) is -2.14. The van der Waals surface area contributed by atoms with Gasteiger partial charge in [0.2, 0.25) is 0 Å². The van der Waals surface area contributed by atoms with E-state index < -0.39 is 16.4 Å². The van der Waals surface area contributed by atoms with E-state index in [0.29, 0.717) is 6.42 Å². The zero-order valence-electron chi connectivity index (χ0n) is 16.1. The molecule has 2 bridgehead atoms. The van der Waals surface area contributed by atoms with Gasteiger partial charge in [-0.3, -0.25) is 9.59 Å². The Bertz CT molecular complexity index is 579. The summed E-state index contributed by atoms with van der Waals surface area (Å²) in [5, 5.41) is 6.86. The molecule has 2 saturated heterocycles. The second kappa shape index (κ2) is 4.75. The second-order valence-corrected chi connectivity index (χ2v) is 10.1. The number of hydrogen-bond donors (Lipinski definition) is 2. The fourth-order valence-electron chi connectivity index (χ4n) is 5.47. The van der Waals surface area contributed by atoms with Crippen LogP contribution in [0.15, 0.2) is 0 Å². The standard InChI is InChI=1S/C19H32N2O3/c1-15(2)10-12(11-16(3,4)21-15)20-13(22)19-9-8-18(7,14(23)24-19)17(19,5)6/h12,21H,8-11H2,1-7H3,(H,20,22)/t18-,19+/m0/s1. The first-order valence-corrected chi connectivity index (χ1v) is 9.09. The van der Waals surface area contributed by atoms with E-state index in [1.165, 1.54) is 0 Å². The van der Waals surface area contributed by atoms with Gasteiger partial charge < -0.3 is 15.4 Å². The van der Waals surface area contributed by atoms with Crippen LogP contribution in [-0.2, 0) is 14.3 Å². The maximum atomic E-state index is 13.2. The Balaban J connectivity index is 1.82. The first-order chi connectivity index (χ1) is 10.7. The summed E-state index contributed by atoms with van der Waals surface area (Å²) >= 11 is 0. The molecule has 0 unspecified atom stereocenters. The van der Waals surface area contributed by atoms with Crippen LogP contribution in [0.25, 0.3) is 0 Å². The first kappa shape index (κ1) is 17.7. The summed E-state index contributed by atoms with van der Waals surface area (Å²) in [5.74, 6) is -0.333. The summed E-state index contributed by atoms with van der Waals surface area (Å²) in [4.78, 5) is 25.6. The highest BCUT2D eigenvalue weighted by molar-refractivity contribution is 5.96. The maximum Gasteiger partial charge on any atom is 0.313 e. The van der Waals surface area contributed by atoms with Crippen molar-refractivity contribution in [2.45, 2.75) is 96.9 Å². The fourth-order valence-corrected chi connectivity index (χ4v) is 5.47. The van der Waals surface area contributed by atoms with Crippen molar-refractivity contribution in [3.8, 4) is 0 Å². The molecular weight excluding hydrogens is 304 g/mol. The molecule has 1 amide bonds. The van der Waals surface area contributed by atoms with Gasteiger partial charge in [-0.05, 0) is 60.3 Å². The summed E-state index contributed by atoms with van der Waals surface area (Å²) in [6.07, 6.45) is 3.06. The first-order valence-electron chi connectivity index (χ1n) is 9.09. The molecule has 5 heteroatoms. The Hall–Kier alpha value is -1.10. The SMILES string of the molecule is CC1(C)CC(NC(=O)[C@@]23CC[C@@](C)(C(=O)O2)C3(C)C)CC(C)(C)N1. The zero-order chi connectivity index (χ0) is 18.2. The molecule has 1 aliphatic carbocycles. The normalized spacial score (nSPS) is 39.5. The molecule has 0 spiro atoms. The maximum absolute atomic E-state index is 13.2. The third-order valence-corrected chi connectivity index (χ3v) is 6.98. The Morgan fingerprint density at radius 2 is 1.58 bits per heavy atom. The van der Waals surface area contributed by atoms with Gasteiger partial charge >= 0.3 is 5.97 Å². The van der Waals surface area contributed by atoms with Crippen molar-refractivity contribution in [3.63, 3.8) is 0 Å². The van der Waals surface area contributed by atoms with Crippen molar-refractivity contribution in [1.82, 2.24) is 10.6 Å².